The van der Waals surface area contributed by atoms with Crippen LogP contribution in [0.3, 0.4) is 0 Å². The van der Waals surface area contributed by atoms with Crippen molar-refractivity contribution in [2.24, 2.45) is 0 Å². The fraction of sp³-hybridized carbons (Fsp3) is 0. The first kappa shape index (κ1) is 29.8. The maximum absolute atomic E-state index is 6.61. The zero-order chi connectivity index (χ0) is 32.9. The maximum Gasteiger partial charge on any atom is 0.167 e. The highest BCUT2D eigenvalue weighted by molar-refractivity contribution is 6.68. The van der Waals surface area contributed by atoms with E-state index in [1.165, 1.54) is 44.0 Å². The van der Waals surface area contributed by atoms with Crippen molar-refractivity contribution in [3.05, 3.63) is 121 Å². The summed E-state index contributed by atoms with van der Waals surface area (Å²) < 4.78 is 6.61. The van der Waals surface area contributed by atoms with Gasteiger partial charge >= 0.3 is 0 Å². The molecule has 6 aromatic carbocycles. The van der Waals surface area contributed by atoms with Crippen LogP contribution in [-0.2, 0) is 0 Å². The van der Waals surface area contributed by atoms with Gasteiger partial charge < -0.3 is 4.42 Å². The van der Waals surface area contributed by atoms with Crippen LogP contribution >= 0.6 is 0 Å². The Labute approximate surface area is 284 Å². The average molecular weight is 611 g/mol. The lowest BCUT2D eigenvalue weighted by Gasteiger charge is -2.20. The summed E-state index contributed by atoms with van der Waals surface area (Å²) in [7, 11) is 11.1. The normalized spacial score (nSPS) is 11.3. The molecule has 0 saturated heterocycles. The molecule has 0 aliphatic carbocycles. The number of aromatic nitrogens is 3. The zero-order valence-electron chi connectivity index (χ0n) is 27.8. The summed E-state index contributed by atoms with van der Waals surface area (Å²) in [6, 6.07) is 41.6. The van der Waals surface area contributed by atoms with Crippen LogP contribution in [0.5, 0.6) is 0 Å². The molecule has 0 amide bonds. The van der Waals surface area contributed by atoms with Crippen LogP contribution in [0.2, 0.25) is 0 Å². The summed E-state index contributed by atoms with van der Waals surface area (Å²) in [5.41, 5.74) is 15.8. The van der Waals surface area contributed by atoms with Crippen molar-refractivity contribution in [1.82, 2.24) is 15.0 Å². The molecule has 4 nitrogen and oxygen atoms in total. The van der Waals surface area contributed by atoms with Crippen LogP contribution in [0.25, 0.3) is 78.4 Å². The molecule has 9 heteroatoms. The van der Waals surface area contributed by atoms with Crippen molar-refractivity contribution < 1.29 is 4.42 Å². The van der Waals surface area contributed by atoms with Crippen molar-refractivity contribution in [1.29, 1.82) is 0 Å². The summed E-state index contributed by atoms with van der Waals surface area (Å²) in [5, 5.41) is 2.11. The highest BCUT2D eigenvalue weighted by Crippen LogP contribution is 2.37. The monoisotopic (exact) mass is 611 g/mol. The van der Waals surface area contributed by atoms with E-state index >= 15 is 0 Å². The second-order valence-corrected chi connectivity index (χ2v) is 12.6. The Balaban J connectivity index is 1.29. The van der Waals surface area contributed by atoms with Gasteiger partial charge in [-0.05, 0) is 40.5 Å². The largest absolute Gasteiger partial charge is 0.455 e. The number of fused-ring (bicyclic) bond motifs is 3. The van der Waals surface area contributed by atoms with Crippen LogP contribution in [0, 0.1) is 0 Å². The van der Waals surface area contributed by atoms with E-state index in [2.05, 4.69) is 118 Å². The molecule has 0 spiro atoms. The van der Waals surface area contributed by atoms with E-state index in [-0.39, 0.29) is 0 Å². The molecule has 0 radical (unpaired) electrons. The van der Waals surface area contributed by atoms with E-state index < -0.39 is 0 Å². The molecule has 2 heterocycles. The number of furan rings is 1. The first-order valence-corrected chi connectivity index (χ1v) is 16.4. The minimum Gasteiger partial charge on any atom is -0.455 e. The zero-order valence-corrected chi connectivity index (χ0v) is 27.8. The standard InChI is InChI=1S/C39H30B5N3O/c40-31-30(32(41)34(43)35(44)33(31)42)25-18-19-29-28(20-25)26-12-7-13-27(36(26)48-29)39-46-37(23-10-5-2-6-11-23)45-38(47-39)24-16-14-22(15-17-24)21-8-3-1-4-9-21/h1-20H,40-44H2. The molecule has 0 saturated carbocycles. The van der Waals surface area contributed by atoms with Crippen molar-refractivity contribution in [2.75, 3.05) is 0 Å². The molecule has 0 aliphatic heterocycles. The lowest BCUT2D eigenvalue weighted by atomic mass is 9.59. The van der Waals surface area contributed by atoms with Crippen LogP contribution in [0.4, 0.5) is 0 Å². The van der Waals surface area contributed by atoms with Gasteiger partial charge in [0.2, 0.25) is 0 Å². The van der Waals surface area contributed by atoms with Crippen LogP contribution in [-0.4, -0.2) is 54.2 Å². The van der Waals surface area contributed by atoms with Gasteiger partial charge in [-0.1, -0.05) is 114 Å². The predicted octanol–water partition coefficient (Wildman–Crippen LogP) is 1.40. The summed E-state index contributed by atoms with van der Waals surface area (Å²) >= 11 is 0. The molecule has 0 atom stereocenters. The minimum absolute atomic E-state index is 0.576. The van der Waals surface area contributed by atoms with Gasteiger partial charge in [-0.3, -0.25) is 0 Å². The second-order valence-electron chi connectivity index (χ2n) is 12.6. The Morgan fingerprint density at radius 3 is 1.54 bits per heavy atom. The minimum atomic E-state index is 0.576. The van der Waals surface area contributed by atoms with E-state index in [1.54, 1.807) is 0 Å². The molecule has 222 valence electrons. The van der Waals surface area contributed by atoms with Crippen LogP contribution < -0.4 is 27.3 Å². The predicted molar refractivity (Wildman–Crippen MR) is 215 cm³/mol. The summed E-state index contributed by atoms with van der Waals surface area (Å²) in [5.74, 6) is 1.81. The Bertz CT molecular complexity index is 2470. The molecule has 0 aliphatic rings. The number of para-hydroxylation sites is 1. The highest BCUT2D eigenvalue weighted by atomic mass is 16.3. The summed E-state index contributed by atoms with van der Waals surface area (Å²) in [6.45, 7) is 0. The maximum atomic E-state index is 6.61. The van der Waals surface area contributed by atoms with Crippen LogP contribution in [0.1, 0.15) is 0 Å². The van der Waals surface area contributed by atoms with Crippen LogP contribution in [0.15, 0.2) is 126 Å². The quantitative estimate of drug-likeness (QED) is 0.277. The van der Waals surface area contributed by atoms with E-state index in [0.29, 0.717) is 17.5 Å². The van der Waals surface area contributed by atoms with Crippen molar-refractivity contribution in [3.8, 4) is 56.4 Å². The summed E-state index contributed by atoms with van der Waals surface area (Å²) in [4.78, 5) is 15.0. The number of nitrogens with zero attached hydrogens (tertiary/aromatic N) is 3. The van der Waals surface area contributed by atoms with Crippen molar-refractivity contribution in [2.45, 2.75) is 0 Å². The van der Waals surface area contributed by atoms with E-state index in [9.17, 15) is 0 Å². The Morgan fingerprint density at radius 1 is 0.396 bits per heavy atom. The molecule has 8 aromatic rings. The number of benzene rings is 6. The first-order chi connectivity index (χ1) is 23.4. The van der Waals surface area contributed by atoms with Gasteiger partial charge in [0.1, 0.15) is 50.4 Å². The Kier molecular flexibility index (Phi) is 7.41. The highest BCUT2D eigenvalue weighted by Gasteiger charge is 2.19. The SMILES string of the molecule is Bc1c(B)c(B)c(-c2ccc3oc4c(-c5nc(-c6ccccc6)nc(-c6ccc(-c7ccccc7)cc6)n5)cccc4c3c2)c(B)c1B. The lowest BCUT2D eigenvalue weighted by Crippen LogP contribution is -2.55. The Hall–Kier alpha value is -5.55. The first-order valence-electron chi connectivity index (χ1n) is 16.4. The van der Waals surface area contributed by atoms with Crippen molar-refractivity contribution >= 4 is 88.5 Å². The third kappa shape index (κ3) is 5.07. The summed E-state index contributed by atoms with van der Waals surface area (Å²) in [6.07, 6.45) is 0. The van der Waals surface area contributed by atoms with Gasteiger partial charge in [-0.15, -0.1) is 16.4 Å². The topological polar surface area (TPSA) is 51.8 Å². The smallest absolute Gasteiger partial charge is 0.167 e. The third-order valence-electron chi connectivity index (χ3n) is 9.94. The van der Waals surface area contributed by atoms with E-state index in [0.717, 1.165) is 44.2 Å². The third-order valence-corrected chi connectivity index (χ3v) is 9.94. The van der Waals surface area contributed by atoms with Gasteiger partial charge in [-0.25, -0.2) is 15.0 Å². The number of hydrogen-bond donors (Lipinski definition) is 0. The van der Waals surface area contributed by atoms with Gasteiger partial charge in [-0.2, -0.15) is 0 Å². The molecular formula is C39H30B5N3O. The van der Waals surface area contributed by atoms with Gasteiger partial charge in [0, 0.05) is 21.9 Å². The molecule has 8 rings (SSSR count). The second kappa shape index (κ2) is 11.9. The van der Waals surface area contributed by atoms with Crippen molar-refractivity contribution in [3.63, 3.8) is 0 Å². The molecule has 2 aromatic heterocycles. The van der Waals surface area contributed by atoms with E-state index in [1.807, 2.05) is 42.5 Å². The Morgan fingerprint density at radius 2 is 0.896 bits per heavy atom. The van der Waals surface area contributed by atoms with Gasteiger partial charge in [0.05, 0.1) is 5.56 Å². The number of hydrogen-bond acceptors (Lipinski definition) is 4. The molecule has 0 N–H and O–H groups in total. The fourth-order valence-corrected chi connectivity index (χ4v) is 6.85. The molecule has 48 heavy (non-hydrogen) atoms. The van der Waals surface area contributed by atoms with Gasteiger partial charge in [0.15, 0.2) is 17.5 Å². The molecule has 0 unspecified atom stereocenters. The lowest BCUT2D eigenvalue weighted by molar-refractivity contribution is 0.669. The molecule has 0 fully saturated rings. The fourth-order valence-electron chi connectivity index (χ4n) is 6.85. The molecular weight excluding hydrogens is 581 g/mol. The molecule has 0 bridgehead atoms. The van der Waals surface area contributed by atoms with E-state index in [4.69, 9.17) is 19.4 Å². The number of rotatable bonds is 5. The van der Waals surface area contributed by atoms with Gasteiger partial charge in [0.25, 0.3) is 0 Å². The average Bonchev–Trinajstić information content (AvgIpc) is 3.52.